The second-order valence-electron chi connectivity index (χ2n) is 6.40. The Bertz CT molecular complexity index is 928. The third-order valence-electron chi connectivity index (χ3n) is 4.27. The van der Waals surface area contributed by atoms with E-state index >= 15 is 0 Å². The normalized spacial score (nSPS) is 12.2. The Kier molecular flexibility index (Phi) is 7.01. The van der Waals surface area contributed by atoms with Crippen molar-refractivity contribution in [1.82, 2.24) is 0 Å². The van der Waals surface area contributed by atoms with Crippen molar-refractivity contribution in [2.45, 2.75) is 49.3 Å². The van der Waals surface area contributed by atoms with Gasteiger partial charge in [-0.2, -0.15) is 0 Å². The highest BCUT2D eigenvalue weighted by molar-refractivity contribution is 7.91. The summed E-state index contributed by atoms with van der Waals surface area (Å²) in [5, 5.41) is 0. The largest absolute Gasteiger partial charge is 0.224 e. The van der Waals surface area contributed by atoms with Gasteiger partial charge in [0.2, 0.25) is 0 Å². The monoisotopic (exact) mass is 394 g/mol. The standard InChI is InChI=1S/C20H26O4S2/c1-3-5-14-25(21,22)19-12-10-17(11-13-19)18-8-7-9-20(16-18)26(23,24)15-6-4-2/h7-13,16H,3-6,14-15H2,1-2H3. The molecule has 2 aromatic rings. The molecule has 2 rings (SSSR count). The molecule has 0 N–H and O–H groups in total. The van der Waals surface area contributed by atoms with Crippen LogP contribution in [0.15, 0.2) is 58.3 Å². The highest BCUT2D eigenvalue weighted by atomic mass is 32.2. The van der Waals surface area contributed by atoms with Gasteiger partial charge in [-0.25, -0.2) is 16.8 Å². The molecule has 6 heteroatoms. The topological polar surface area (TPSA) is 68.3 Å². The Morgan fingerprint density at radius 2 is 1.19 bits per heavy atom. The molecule has 0 saturated heterocycles. The summed E-state index contributed by atoms with van der Waals surface area (Å²) in [6, 6.07) is 13.5. The first kappa shape index (κ1) is 20.6. The van der Waals surface area contributed by atoms with Gasteiger partial charge in [-0.15, -0.1) is 0 Å². The Labute approximate surface area is 157 Å². The molecule has 0 aromatic heterocycles. The molecule has 0 aliphatic heterocycles. The van der Waals surface area contributed by atoms with Crippen LogP contribution >= 0.6 is 0 Å². The van der Waals surface area contributed by atoms with Crippen LogP contribution in [0.25, 0.3) is 11.1 Å². The number of benzene rings is 2. The average molecular weight is 395 g/mol. The minimum absolute atomic E-state index is 0.140. The van der Waals surface area contributed by atoms with Crippen LogP contribution in [0.2, 0.25) is 0 Å². The third kappa shape index (κ3) is 5.17. The van der Waals surface area contributed by atoms with Gasteiger partial charge in [0.25, 0.3) is 0 Å². The lowest BCUT2D eigenvalue weighted by atomic mass is 10.1. The van der Waals surface area contributed by atoms with Gasteiger partial charge in [0, 0.05) is 0 Å². The highest BCUT2D eigenvalue weighted by Crippen LogP contribution is 2.25. The first-order valence-corrected chi connectivity index (χ1v) is 12.3. The second-order valence-corrected chi connectivity index (χ2v) is 10.6. The van der Waals surface area contributed by atoms with E-state index < -0.39 is 19.7 Å². The van der Waals surface area contributed by atoms with Crippen molar-refractivity contribution in [1.29, 1.82) is 0 Å². The van der Waals surface area contributed by atoms with E-state index in [1.165, 1.54) is 0 Å². The van der Waals surface area contributed by atoms with E-state index in [4.69, 9.17) is 0 Å². The molecule has 0 fully saturated rings. The predicted molar refractivity (Wildman–Crippen MR) is 106 cm³/mol. The Morgan fingerprint density at radius 1 is 0.654 bits per heavy atom. The van der Waals surface area contributed by atoms with Crippen LogP contribution in [0.5, 0.6) is 0 Å². The predicted octanol–water partition coefficient (Wildman–Crippen LogP) is 4.50. The molecule has 0 amide bonds. The third-order valence-corrected chi connectivity index (χ3v) is 7.89. The molecule has 0 aliphatic carbocycles. The van der Waals surface area contributed by atoms with Crippen molar-refractivity contribution in [3.63, 3.8) is 0 Å². The summed E-state index contributed by atoms with van der Waals surface area (Å²) in [5.74, 6) is 0.287. The van der Waals surface area contributed by atoms with Crippen LogP contribution in [-0.2, 0) is 19.7 Å². The van der Waals surface area contributed by atoms with Crippen LogP contribution in [0, 0.1) is 0 Å². The number of unbranched alkanes of at least 4 members (excludes halogenated alkanes) is 2. The van der Waals surface area contributed by atoms with Crippen molar-refractivity contribution < 1.29 is 16.8 Å². The molecule has 0 heterocycles. The van der Waals surface area contributed by atoms with E-state index in [0.29, 0.717) is 22.6 Å². The summed E-state index contributed by atoms with van der Waals surface area (Å²) in [7, 11) is -6.55. The number of sulfone groups is 2. The maximum Gasteiger partial charge on any atom is 0.178 e. The van der Waals surface area contributed by atoms with Crippen LogP contribution < -0.4 is 0 Å². The quantitative estimate of drug-likeness (QED) is 0.628. The summed E-state index contributed by atoms with van der Waals surface area (Å²) in [4.78, 5) is 0.615. The molecule has 26 heavy (non-hydrogen) atoms. The van der Waals surface area contributed by atoms with Crippen LogP contribution in [0.4, 0.5) is 0 Å². The van der Waals surface area contributed by atoms with E-state index in [0.717, 1.165) is 24.0 Å². The minimum atomic E-state index is -3.29. The van der Waals surface area contributed by atoms with Crippen molar-refractivity contribution >= 4 is 19.7 Å². The molecule has 0 saturated carbocycles. The van der Waals surface area contributed by atoms with Crippen molar-refractivity contribution in [2.24, 2.45) is 0 Å². The van der Waals surface area contributed by atoms with Gasteiger partial charge in [0.1, 0.15) is 0 Å². The van der Waals surface area contributed by atoms with Gasteiger partial charge in [-0.3, -0.25) is 0 Å². The van der Waals surface area contributed by atoms with E-state index in [1.54, 1.807) is 42.5 Å². The molecule has 0 radical (unpaired) electrons. The molecule has 0 atom stereocenters. The molecular weight excluding hydrogens is 368 g/mol. The summed E-state index contributed by atoms with van der Waals surface area (Å²) in [5.41, 5.74) is 1.56. The zero-order chi connectivity index (χ0) is 19.2. The Hall–Kier alpha value is -1.66. The molecule has 0 aliphatic rings. The fourth-order valence-electron chi connectivity index (χ4n) is 2.63. The second kappa shape index (κ2) is 8.82. The minimum Gasteiger partial charge on any atom is -0.224 e. The van der Waals surface area contributed by atoms with Crippen LogP contribution in [-0.4, -0.2) is 28.3 Å². The van der Waals surface area contributed by atoms with Crippen LogP contribution in [0.1, 0.15) is 39.5 Å². The zero-order valence-corrected chi connectivity index (χ0v) is 16.9. The molecule has 4 nitrogen and oxygen atoms in total. The van der Waals surface area contributed by atoms with Crippen molar-refractivity contribution in [2.75, 3.05) is 11.5 Å². The SMILES string of the molecule is CCCCS(=O)(=O)c1ccc(-c2cccc(S(=O)(=O)CCCC)c2)cc1. The number of hydrogen-bond acceptors (Lipinski definition) is 4. The Balaban J connectivity index is 2.29. The highest BCUT2D eigenvalue weighted by Gasteiger charge is 2.16. The molecule has 2 aromatic carbocycles. The van der Waals surface area contributed by atoms with Gasteiger partial charge in [0.15, 0.2) is 19.7 Å². The van der Waals surface area contributed by atoms with Crippen molar-refractivity contribution in [3.8, 4) is 11.1 Å². The average Bonchev–Trinajstić information content (AvgIpc) is 2.65. The van der Waals surface area contributed by atoms with E-state index in [2.05, 4.69) is 0 Å². The summed E-state index contributed by atoms with van der Waals surface area (Å²) in [6.45, 7) is 3.92. The zero-order valence-electron chi connectivity index (χ0n) is 15.3. The van der Waals surface area contributed by atoms with E-state index in [-0.39, 0.29) is 11.5 Å². The molecular formula is C20H26O4S2. The summed E-state index contributed by atoms with van der Waals surface area (Å²) in [6.07, 6.45) is 2.93. The lowest BCUT2D eigenvalue weighted by Crippen LogP contribution is -2.07. The first-order chi connectivity index (χ1) is 12.3. The lowest BCUT2D eigenvalue weighted by Gasteiger charge is -2.08. The molecule has 0 bridgehead atoms. The fraction of sp³-hybridized carbons (Fsp3) is 0.400. The van der Waals surface area contributed by atoms with Gasteiger partial charge in [0.05, 0.1) is 21.3 Å². The molecule has 0 unspecified atom stereocenters. The van der Waals surface area contributed by atoms with Crippen LogP contribution in [0.3, 0.4) is 0 Å². The van der Waals surface area contributed by atoms with E-state index in [1.807, 2.05) is 19.9 Å². The first-order valence-electron chi connectivity index (χ1n) is 8.96. The number of rotatable bonds is 9. The Morgan fingerprint density at radius 3 is 1.73 bits per heavy atom. The van der Waals surface area contributed by atoms with Gasteiger partial charge in [-0.1, -0.05) is 51.0 Å². The lowest BCUT2D eigenvalue weighted by molar-refractivity contribution is 0.591. The molecule has 0 spiro atoms. The number of hydrogen-bond donors (Lipinski definition) is 0. The summed E-state index contributed by atoms with van der Waals surface area (Å²) < 4.78 is 49.3. The van der Waals surface area contributed by atoms with Crippen molar-refractivity contribution in [3.05, 3.63) is 48.5 Å². The smallest absolute Gasteiger partial charge is 0.178 e. The fourth-order valence-corrected chi connectivity index (χ4v) is 5.58. The van der Waals surface area contributed by atoms with Gasteiger partial charge >= 0.3 is 0 Å². The van der Waals surface area contributed by atoms with E-state index in [9.17, 15) is 16.8 Å². The van der Waals surface area contributed by atoms with Gasteiger partial charge in [-0.05, 0) is 48.2 Å². The van der Waals surface area contributed by atoms with Gasteiger partial charge < -0.3 is 0 Å². The maximum atomic E-state index is 12.4. The summed E-state index contributed by atoms with van der Waals surface area (Å²) >= 11 is 0. The molecule has 142 valence electrons. The maximum absolute atomic E-state index is 12.4.